The van der Waals surface area contributed by atoms with Gasteiger partial charge in [0, 0.05) is 26.7 Å². The Morgan fingerprint density at radius 3 is 2.22 bits per heavy atom. The van der Waals surface area contributed by atoms with Crippen molar-refractivity contribution in [2.24, 2.45) is 0 Å². The molecule has 37 heavy (non-hydrogen) atoms. The SMILES string of the molecule is CN(Cc1ccccc1)S(=O)(=O)c1ccc(OCC(=O)O)c(C(=O)N2CCC(c3ccccc3)CC2)c1. The van der Waals surface area contributed by atoms with E-state index in [1.807, 2.05) is 48.5 Å². The Morgan fingerprint density at radius 2 is 1.59 bits per heavy atom. The van der Waals surface area contributed by atoms with Gasteiger partial charge in [-0.2, -0.15) is 4.31 Å². The van der Waals surface area contributed by atoms with Crippen LogP contribution in [0.25, 0.3) is 0 Å². The number of ether oxygens (including phenoxy) is 1. The number of amides is 1. The number of nitrogens with zero attached hydrogens (tertiary/aromatic N) is 2. The van der Waals surface area contributed by atoms with E-state index in [0.717, 1.165) is 18.4 Å². The number of rotatable bonds is 9. The molecule has 3 aromatic carbocycles. The molecule has 4 rings (SSSR count). The van der Waals surface area contributed by atoms with Crippen LogP contribution in [0.2, 0.25) is 0 Å². The summed E-state index contributed by atoms with van der Waals surface area (Å²) in [7, 11) is -2.45. The van der Waals surface area contributed by atoms with Crippen LogP contribution in [0.4, 0.5) is 0 Å². The molecule has 1 fully saturated rings. The van der Waals surface area contributed by atoms with Gasteiger partial charge < -0.3 is 14.7 Å². The Balaban J connectivity index is 1.57. The zero-order valence-corrected chi connectivity index (χ0v) is 21.4. The molecule has 0 saturated carbocycles. The molecule has 0 aromatic heterocycles. The second-order valence-corrected chi connectivity index (χ2v) is 11.1. The standard InChI is InChI=1S/C28H30N2O6S/c1-29(19-21-8-4-2-5-9-21)37(34,35)24-12-13-26(36-20-27(31)32)25(18-24)28(33)30-16-14-23(15-17-30)22-10-6-3-7-11-22/h2-13,18,23H,14-17,19-20H2,1H3,(H,31,32). The quantitative estimate of drug-likeness (QED) is 0.456. The van der Waals surface area contributed by atoms with Gasteiger partial charge in [0.25, 0.3) is 5.91 Å². The van der Waals surface area contributed by atoms with E-state index in [0.29, 0.717) is 19.0 Å². The zero-order valence-electron chi connectivity index (χ0n) is 20.6. The first-order valence-electron chi connectivity index (χ1n) is 12.1. The molecule has 0 unspecified atom stereocenters. The van der Waals surface area contributed by atoms with Gasteiger partial charge in [-0.1, -0.05) is 60.7 Å². The lowest BCUT2D eigenvalue weighted by atomic mass is 9.89. The molecule has 0 bridgehead atoms. The van der Waals surface area contributed by atoms with Crippen LogP contribution < -0.4 is 4.74 Å². The molecule has 1 N–H and O–H groups in total. The summed E-state index contributed by atoms with van der Waals surface area (Å²) in [6.07, 6.45) is 1.55. The lowest BCUT2D eigenvalue weighted by molar-refractivity contribution is -0.139. The monoisotopic (exact) mass is 522 g/mol. The summed E-state index contributed by atoms with van der Waals surface area (Å²) in [5.74, 6) is -1.19. The van der Waals surface area contributed by atoms with Gasteiger partial charge in [0.2, 0.25) is 10.0 Å². The van der Waals surface area contributed by atoms with E-state index in [4.69, 9.17) is 9.84 Å². The van der Waals surface area contributed by atoms with Crippen LogP contribution in [0.15, 0.2) is 83.8 Å². The average Bonchev–Trinajstić information content (AvgIpc) is 2.92. The maximum atomic E-state index is 13.5. The highest BCUT2D eigenvalue weighted by Crippen LogP contribution is 2.31. The maximum absolute atomic E-state index is 13.5. The van der Waals surface area contributed by atoms with Gasteiger partial charge in [-0.25, -0.2) is 13.2 Å². The third kappa shape index (κ3) is 6.36. The normalized spacial score (nSPS) is 14.5. The first-order valence-corrected chi connectivity index (χ1v) is 13.5. The van der Waals surface area contributed by atoms with Gasteiger partial charge in [-0.05, 0) is 48.1 Å². The number of carbonyl (C=O) groups excluding carboxylic acids is 1. The predicted octanol–water partition coefficient (Wildman–Crippen LogP) is 3.99. The van der Waals surface area contributed by atoms with Crippen LogP contribution in [0, 0.1) is 0 Å². The van der Waals surface area contributed by atoms with Crippen molar-refractivity contribution in [2.75, 3.05) is 26.7 Å². The molecule has 3 aromatic rings. The van der Waals surface area contributed by atoms with Crippen molar-refractivity contribution in [2.45, 2.75) is 30.2 Å². The van der Waals surface area contributed by atoms with E-state index in [1.165, 1.54) is 35.1 Å². The van der Waals surface area contributed by atoms with Crippen LogP contribution in [0.5, 0.6) is 5.75 Å². The molecule has 1 amide bonds. The zero-order chi connectivity index (χ0) is 26.4. The van der Waals surface area contributed by atoms with Crippen molar-refractivity contribution in [1.29, 1.82) is 0 Å². The fraction of sp³-hybridized carbons (Fsp3) is 0.286. The van der Waals surface area contributed by atoms with Crippen molar-refractivity contribution in [1.82, 2.24) is 9.21 Å². The van der Waals surface area contributed by atoms with Crippen LogP contribution in [0.1, 0.15) is 40.2 Å². The number of aliphatic carboxylic acids is 1. The Labute approximate surface area is 217 Å². The lowest BCUT2D eigenvalue weighted by Gasteiger charge is -2.32. The summed E-state index contributed by atoms with van der Waals surface area (Å²) in [6, 6.07) is 23.3. The van der Waals surface area contributed by atoms with Gasteiger partial charge in [-0.15, -0.1) is 0 Å². The Kier molecular flexibility index (Phi) is 8.25. The van der Waals surface area contributed by atoms with E-state index in [2.05, 4.69) is 12.1 Å². The van der Waals surface area contributed by atoms with Crippen LogP contribution in [0.3, 0.4) is 0 Å². The summed E-state index contributed by atoms with van der Waals surface area (Å²) in [5.41, 5.74) is 2.09. The highest BCUT2D eigenvalue weighted by molar-refractivity contribution is 7.89. The minimum atomic E-state index is -3.93. The highest BCUT2D eigenvalue weighted by atomic mass is 32.2. The van der Waals surface area contributed by atoms with Crippen LogP contribution in [-0.4, -0.2) is 61.4 Å². The minimum absolute atomic E-state index is 0.0357. The number of hydrogen-bond acceptors (Lipinski definition) is 5. The molecular weight excluding hydrogens is 492 g/mol. The number of benzene rings is 3. The summed E-state index contributed by atoms with van der Waals surface area (Å²) in [4.78, 5) is 26.2. The lowest BCUT2D eigenvalue weighted by Crippen LogP contribution is -2.38. The molecule has 1 aliphatic rings. The number of carbonyl (C=O) groups is 2. The van der Waals surface area contributed by atoms with Gasteiger partial charge >= 0.3 is 5.97 Å². The molecule has 1 aliphatic heterocycles. The fourth-order valence-electron chi connectivity index (χ4n) is 4.52. The Bertz CT molecular complexity index is 1340. The van der Waals surface area contributed by atoms with E-state index in [9.17, 15) is 18.0 Å². The van der Waals surface area contributed by atoms with Crippen molar-refractivity contribution in [3.63, 3.8) is 0 Å². The molecule has 0 atom stereocenters. The van der Waals surface area contributed by atoms with Crippen molar-refractivity contribution >= 4 is 21.9 Å². The van der Waals surface area contributed by atoms with Crippen molar-refractivity contribution in [3.05, 3.63) is 95.6 Å². The fourth-order valence-corrected chi connectivity index (χ4v) is 5.70. The molecule has 1 heterocycles. The average molecular weight is 523 g/mol. The molecule has 0 aliphatic carbocycles. The van der Waals surface area contributed by atoms with Gasteiger partial charge in [0.05, 0.1) is 10.5 Å². The molecule has 1 saturated heterocycles. The first kappa shape index (κ1) is 26.4. The second-order valence-electron chi connectivity index (χ2n) is 9.06. The van der Waals surface area contributed by atoms with Crippen molar-refractivity contribution < 1.29 is 27.9 Å². The van der Waals surface area contributed by atoms with Gasteiger partial charge in [0.1, 0.15) is 5.75 Å². The topological polar surface area (TPSA) is 104 Å². The first-order chi connectivity index (χ1) is 17.8. The Morgan fingerprint density at radius 1 is 0.973 bits per heavy atom. The van der Waals surface area contributed by atoms with Gasteiger partial charge in [-0.3, -0.25) is 4.79 Å². The van der Waals surface area contributed by atoms with Gasteiger partial charge in [0.15, 0.2) is 6.61 Å². The summed E-state index contributed by atoms with van der Waals surface area (Å²) >= 11 is 0. The Hall–Kier alpha value is -3.69. The van der Waals surface area contributed by atoms with E-state index < -0.39 is 22.6 Å². The van der Waals surface area contributed by atoms with Crippen molar-refractivity contribution in [3.8, 4) is 5.75 Å². The third-order valence-corrected chi connectivity index (χ3v) is 8.34. The minimum Gasteiger partial charge on any atom is -0.481 e. The van der Waals surface area contributed by atoms with E-state index in [1.54, 1.807) is 4.90 Å². The third-order valence-electron chi connectivity index (χ3n) is 6.54. The number of piperidine rings is 1. The number of hydrogen-bond donors (Lipinski definition) is 1. The molecular formula is C28H30N2O6S. The molecule has 0 radical (unpaired) electrons. The second kappa shape index (κ2) is 11.6. The smallest absolute Gasteiger partial charge is 0.341 e. The predicted molar refractivity (Wildman–Crippen MR) is 139 cm³/mol. The summed E-state index contributed by atoms with van der Waals surface area (Å²) in [5, 5.41) is 9.06. The summed E-state index contributed by atoms with van der Waals surface area (Å²) in [6.45, 7) is 0.524. The number of likely N-dealkylation sites (tertiary alicyclic amines) is 1. The molecule has 194 valence electrons. The molecule has 9 heteroatoms. The van der Waals surface area contributed by atoms with Crippen LogP contribution >= 0.6 is 0 Å². The summed E-state index contributed by atoms with van der Waals surface area (Å²) < 4.78 is 33.2. The largest absolute Gasteiger partial charge is 0.481 e. The van der Waals surface area contributed by atoms with E-state index in [-0.39, 0.29) is 28.7 Å². The number of carboxylic acid groups (broad SMARTS) is 1. The molecule has 8 nitrogen and oxygen atoms in total. The maximum Gasteiger partial charge on any atom is 0.341 e. The number of carboxylic acids is 1. The number of sulfonamides is 1. The van der Waals surface area contributed by atoms with E-state index >= 15 is 0 Å². The molecule has 0 spiro atoms. The van der Waals surface area contributed by atoms with Crippen LogP contribution in [-0.2, 0) is 21.4 Å². The highest BCUT2D eigenvalue weighted by Gasteiger charge is 2.29.